The Morgan fingerprint density at radius 3 is 2.62 bits per heavy atom. The lowest BCUT2D eigenvalue weighted by atomic mass is 10.2. The smallest absolute Gasteiger partial charge is 0.347 e. The molecule has 1 atom stereocenters. The van der Waals surface area contributed by atoms with Crippen LogP contribution in [0, 0.1) is 0 Å². The Hall–Kier alpha value is -0.930. The van der Waals surface area contributed by atoms with E-state index in [1.54, 1.807) is 18.2 Å². The van der Waals surface area contributed by atoms with E-state index in [1.807, 2.05) is 6.92 Å². The van der Waals surface area contributed by atoms with Crippen LogP contribution in [0.15, 0.2) is 18.2 Å². The third-order valence-corrected chi connectivity index (χ3v) is 2.53. The molecule has 0 amide bonds. The van der Waals surface area contributed by atoms with Crippen LogP contribution < -0.4 is 4.74 Å². The number of carbonyl (C=O) groups is 1. The lowest BCUT2D eigenvalue weighted by Crippen LogP contribution is -2.27. The Labute approximate surface area is 104 Å². The summed E-state index contributed by atoms with van der Waals surface area (Å²) in [7, 11) is 1.32. The molecule has 0 bridgehead atoms. The zero-order chi connectivity index (χ0) is 12.1. The van der Waals surface area contributed by atoms with Crippen molar-refractivity contribution < 1.29 is 14.3 Å². The molecular weight excluding hydrogens is 251 g/mol. The van der Waals surface area contributed by atoms with Crippen LogP contribution in [0.4, 0.5) is 0 Å². The minimum atomic E-state index is -0.649. The maximum absolute atomic E-state index is 11.3. The molecule has 0 aliphatic rings. The third kappa shape index (κ3) is 3.29. The zero-order valence-corrected chi connectivity index (χ0v) is 10.5. The Morgan fingerprint density at radius 1 is 1.44 bits per heavy atom. The molecule has 16 heavy (non-hydrogen) atoms. The van der Waals surface area contributed by atoms with Gasteiger partial charge in [0.05, 0.1) is 12.1 Å². The van der Waals surface area contributed by atoms with E-state index >= 15 is 0 Å². The highest BCUT2D eigenvalue weighted by molar-refractivity contribution is 6.35. The summed E-state index contributed by atoms with van der Waals surface area (Å²) in [5, 5.41) is 0.887. The monoisotopic (exact) mass is 262 g/mol. The van der Waals surface area contributed by atoms with E-state index in [0.717, 1.165) is 0 Å². The first-order valence-electron chi connectivity index (χ1n) is 4.78. The van der Waals surface area contributed by atoms with Crippen LogP contribution in [0.25, 0.3) is 0 Å². The van der Waals surface area contributed by atoms with Crippen molar-refractivity contribution >= 4 is 29.2 Å². The highest BCUT2D eigenvalue weighted by Gasteiger charge is 2.19. The van der Waals surface area contributed by atoms with Gasteiger partial charge in [-0.05, 0) is 24.6 Å². The summed E-state index contributed by atoms with van der Waals surface area (Å²) < 4.78 is 10.0. The molecule has 1 unspecified atom stereocenters. The number of carbonyl (C=O) groups excluding carboxylic acids is 1. The van der Waals surface area contributed by atoms with E-state index in [0.29, 0.717) is 22.2 Å². The highest BCUT2D eigenvalue weighted by Crippen LogP contribution is 2.28. The summed E-state index contributed by atoms with van der Waals surface area (Å²) in [5.41, 5.74) is 0. The van der Waals surface area contributed by atoms with Crippen molar-refractivity contribution in [3.05, 3.63) is 28.2 Å². The number of esters is 1. The van der Waals surface area contributed by atoms with Crippen LogP contribution >= 0.6 is 23.2 Å². The maximum atomic E-state index is 11.3. The van der Waals surface area contributed by atoms with E-state index in [1.165, 1.54) is 7.11 Å². The number of rotatable bonds is 4. The van der Waals surface area contributed by atoms with Gasteiger partial charge in [-0.15, -0.1) is 0 Å². The van der Waals surface area contributed by atoms with Crippen molar-refractivity contribution in [2.24, 2.45) is 0 Å². The highest BCUT2D eigenvalue weighted by atomic mass is 35.5. The molecule has 0 N–H and O–H groups in total. The number of ether oxygens (including phenoxy) is 2. The average Bonchev–Trinajstić information content (AvgIpc) is 2.27. The van der Waals surface area contributed by atoms with E-state index in [2.05, 4.69) is 4.74 Å². The van der Waals surface area contributed by atoms with Gasteiger partial charge in [0.1, 0.15) is 5.75 Å². The minimum Gasteiger partial charge on any atom is -0.477 e. The van der Waals surface area contributed by atoms with Crippen LogP contribution in [-0.2, 0) is 9.53 Å². The predicted octanol–water partition coefficient (Wildman–Crippen LogP) is 3.32. The van der Waals surface area contributed by atoms with Crippen molar-refractivity contribution in [2.75, 3.05) is 7.11 Å². The molecule has 1 rings (SSSR count). The van der Waals surface area contributed by atoms with E-state index in [-0.39, 0.29) is 0 Å². The summed E-state index contributed by atoms with van der Waals surface area (Å²) in [5.74, 6) is -0.00293. The zero-order valence-electron chi connectivity index (χ0n) is 9.00. The topological polar surface area (TPSA) is 35.5 Å². The molecule has 0 heterocycles. The van der Waals surface area contributed by atoms with Crippen LogP contribution in [-0.4, -0.2) is 19.2 Å². The fourth-order valence-electron chi connectivity index (χ4n) is 1.15. The first kappa shape index (κ1) is 13.1. The van der Waals surface area contributed by atoms with Gasteiger partial charge in [0.15, 0.2) is 6.10 Å². The minimum absolute atomic E-state index is 0.370. The summed E-state index contributed by atoms with van der Waals surface area (Å²) in [6.45, 7) is 1.82. The van der Waals surface area contributed by atoms with Crippen LogP contribution in [0.5, 0.6) is 5.75 Å². The fourth-order valence-corrected chi connectivity index (χ4v) is 1.61. The second-order valence-electron chi connectivity index (χ2n) is 3.11. The van der Waals surface area contributed by atoms with E-state index in [4.69, 9.17) is 27.9 Å². The number of hydrogen-bond donors (Lipinski definition) is 0. The van der Waals surface area contributed by atoms with E-state index in [9.17, 15) is 4.79 Å². The lowest BCUT2D eigenvalue weighted by molar-refractivity contribution is -0.148. The Kier molecular flexibility index (Phi) is 4.90. The summed E-state index contributed by atoms with van der Waals surface area (Å²) in [6.07, 6.45) is -0.144. The molecular formula is C11H12Cl2O3. The van der Waals surface area contributed by atoms with Crippen LogP contribution in [0.3, 0.4) is 0 Å². The molecule has 0 saturated carbocycles. The van der Waals surface area contributed by atoms with Crippen molar-refractivity contribution in [1.29, 1.82) is 0 Å². The Morgan fingerprint density at radius 2 is 2.12 bits per heavy atom. The van der Waals surface area contributed by atoms with Gasteiger partial charge in [-0.2, -0.15) is 0 Å². The van der Waals surface area contributed by atoms with Crippen molar-refractivity contribution in [3.63, 3.8) is 0 Å². The standard InChI is InChI=1S/C11H12Cl2O3/c1-3-9(11(14)15-2)16-10-5-4-7(12)6-8(10)13/h4-6,9H,3H2,1-2H3. The molecule has 1 aromatic rings. The van der Waals surface area contributed by atoms with Crippen molar-refractivity contribution in [2.45, 2.75) is 19.4 Å². The molecule has 88 valence electrons. The van der Waals surface area contributed by atoms with Crippen molar-refractivity contribution in [1.82, 2.24) is 0 Å². The Bertz CT molecular complexity index is 379. The second kappa shape index (κ2) is 5.97. The van der Waals surface area contributed by atoms with Gasteiger partial charge >= 0.3 is 5.97 Å². The molecule has 0 saturated heterocycles. The van der Waals surface area contributed by atoms with Gasteiger partial charge in [0, 0.05) is 5.02 Å². The summed E-state index contributed by atoms with van der Waals surface area (Å²) in [4.78, 5) is 11.3. The quantitative estimate of drug-likeness (QED) is 0.781. The number of halogens is 2. The van der Waals surface area contributed by atoms with Gasteiger partial charge in [0.25, 0.3) is 0 Å². The maximum Gasteiger partial charge on any atom is 0.347 e. The van der Waals surface area contributed by atoms with Gasteiger partial charge in [0.2, 0.25) is 0 Å². The molecule has 3 nitrogen and oxygen atoms in total. The molecule has 0 aromatic heterocycles. The van der Waals surface area contributed by atoms with Crippen LogP contribution in [0.1, 0.15) is 13.3 Å². The lowest BCUT2D eigenvalue weighted by Gasteiger charge is -2.16. The van der Waals surface area contributed by atoms with E-state index < -0.39 is 12.1 Å². The normalized spacial score (nSPS) is 12.0. The van der Waals surface area contributed by atoms with Gasteiger partial charge in [-0.25, -0.2) is 4.79 Å². The second-order valence-corrected chi connectivity index (χ2v) is 3.96. The number of hydrogen-bond acceptors (Lipinski definition) is 3. The first-order chi connectivity index (χ1) is 7.58. The Balaban J connectivity index is 2.82. The molecule has 0 radical (unpaired) electrons. The summed E-state index contributed by atoms with van der Waals surface area (Å²) >= 11 is 11.7. The molecule has 1 aromatic carbocycles. The largest absolute Gasteiger partial charge is 0.477 e. The average molecular weight is 263 g/mol. The first-order valence-corrected chi connectivity index (χ1v) is 5.53. The number of benzene rings is 1. The summed E-state index contributed by atoms with van der Waals surface area (Å²) in [6, 6.07) is 4.82. The van der Waals surface area contributed by atoms with Gasteiger partial charge in [-0.1, -0.05) is 30.1 Å². The number of methoxy groups -OCH3 is 1. The SMILES string of the molecule is CCC(Oc1ccc(Cl)cc1Cl)C(=O)OC. The molecule has 0 aliphatic carbocycles. The third-order valence-electron chi connectivity index (χ3n) is 2.00. The fraction of sp³-hybridized carbons (Fsp3) is 0.364. The molecule has 0 fully saturated rings. The van der Waals surface area contributed by atoms with Gasteiger partial charge in [-0.3, -0.25) is 0 Å². The van der Waals surface area contributed by atoms with Crippen molar-refractivity contribution in [3.8, 4) is 5.75 Å². The van der Waals surface area contributed by atoms with Gasteiger partial charge < -0.3 is 9.47 Å². The molecule has 0 aliphatic heterocycles. The molecule has 5 heteroatoms. The molecule has 0 spiro atoms. The predicted molar refractivity (Wildman–Crippen MR) is 63.2 cm³/mol. The van der Waals surface area contributed by atoms with Crippen LogP contribution in [0.2, 0.25) is 10.0 Å².